The Kier molecular flexibility index (Phi) is 4.08. The topological polar surface area (TPSA) is 44.5 Å². The van der Waals surface area contributed by atoms with E-state index in [9.17, 15) is 4.39 Å². The van der Waals surface area contributed by atoms with Gasteiger partial charge in [0.1, 0.15) is 5.82 Å². The Morgan fingerprint density at radius 2 is 1.87 bits per heavy atom. The molecular weight excluding hydrogens is 315 g/mol. The molecule has 0 radical (unpaired) electrons. The molecule has 1 heterocycles. The molecule has 5 atom stereocenters. The monoisotopic (exact) mass is 339 g/mol. The number of nitrogens with two attached hydrogens (primary N) is 1. The molecule has 0 amide bonds. The van der Waals surface area contributed by atoms with Gasteiger partial charge in [-0.1, -0.05) is 26.0 Å². The van der Waals surface area contributed by atoms with Crippen molar-refractivity contribution in [1.29, 1.82) is 0 Å². The molecule has 6 heteroatoms. The molecule has 3 aliphatic carbocycles. The molecule has 2 bridgehead atoms. The van der Waals surface area contributed by atoms with Gasteiger partial charge in [0.25, 0.3) is 0 Å². The summed E-state index contributed by atoms with van der Waals surface area (Å²) in [6.07, 6.45) is 2.40. The van der Waals surface area contributed by atoms with Crippen molar-refractivity contribution in [2.75, 3.05) is 0 Å². The summed E-state index contributed by atoms with van der Waals surface area (Å²) in [5.41, 5.74) is 7.24. The molecule has 3 saturated carbocycles. The second kappa shape index (κ2) is 5.45. The Morgan fingerprint density at radius 3 is 2.48 bits per heavy atom. The summed E-state index contributed by atoms with van der Waals surface area (Å²) in [7, 11) is -0.449. The van der Waals surface area contributed by atoms with Crippen LogP contribution in [0.15, 0.2) is 24.3 Å². The van der Waals surface area contributed by atoms with Crippen molar-refractivity contribution in [3.8, 4) is 0 Å². The number of halogens is 2. The average molecular weight is 340 g/mol. The molecule has 1 aromatic carbocycles. The molecule has 4 aliphatic rings. The molecule has 1 saturated heterocycles. The first kappa shape index (κ1) is 17.2. The smallest absolute Gasteiger partial charge is 0.404 e. The van der Waals surface area contributed by atoms with Crippen molar-refractivity contribution in [2.24, 2.45) is 23.0 Å². The molecule has 4 fully saturated rings. The number of hydrogen-bond acceptors (Lipinski definition) is 3. The van der Waals surface area contributed by atoms with E-state index in [1.807, 2.05) is 0 Å². The summed E-state index contributed by atoms with van der Waals surface area (Å²) in [5, 5.41) is 0. The molecule has 0 aromatic heterocycles. The van der Waals surface area contributed by atoms with Crippen LogP contribution in [-0.2, 0) is 9.31 Å². The van der Waals surface area contributed by atoms with E-state index < -0.39 is 7.12 Å². The molecule has 0 spiro atoms. The van der Waals surface area contributed by atoms with Gasteiger partial charge in [-0.15, -0.1) is 12.4 Å². The SMILES string of the molecule is CC1(C)[C@H]2C[C@@H]3OB([C@H](N)c4ccc(F)cc4)O[C@]3(C)[C@@H]1C2.Cl. The lowest BCUT2D eigenvalue weighted by Gasteiger charge is -2.64. The van der Waals surface area contributed by atoms with Crippen LogP contribution in [0, 0.1) is 23.1 Å². The average Bonchev–Trinajstić information content (AvgIpc) is 2.84. The molecule has 0 unspecified atom stereocenters. The van der Waals surface area contributed by atoms with Crippen molar-refractivity contribution in [3.63, 3.8) is 0 Å². The van der Waals surface area contributed by atoms with Gasteiger partial charge in [-0.3, -0.25) is 0 Å². The summed E-state index contributed by atoms with van der Waals surface area (Å²) in [6, 6.07) is 6.28. The Balaban J connectivity index is 0.00000156. The number of hydrogen-bond donors (Lipinski definition) is 1. The maximum Gasteiger partial charge on any atom is 0.480 e. The third-order valence-electron chi connectivity index (χ3n) is 6.52. The van der Waals surface area contributed by atoms with Gasteiger partial charge in [0.15, 0.2) is 0 Å². The van der Waals surface area contributed by atoms with Crippen LogP contribution in [0.1, 0.15) is 45.1 Å². The van der Waals surface area contributed by atoms with E-state index in [4.69, 9.17) is 15.0 Å². The predicted molar refractivity (Wildman–Crippen MR) is 90.7 cm³/mol. The molecule has 23 heavy (non-hydrogen) atoms. The summed E-state index contributed by atoms with van der Waals surface area (Å²) in [4.78, 5) is 0. The third-order valence-corrected chi connectivity index (χ3v) is 6.52. The zero-order chi connectivity index (χ0) is 15.7. The quantitative estimate of drug-likeness (QED) is 0.839. The number of rotatable bonds is 2. The second-order valence-electron chi connectivity index (χ2n) is 7.91. The largest absolute Gasteiger partial charge is 0.480 e. The third kappa shape index (κ3) is 2.36. The zero-order valence-electron chi connectivity index (χ0n) is 13.8. The van der Waals surface area contributed by atoms with E-state index in [2.05, 4.69) is 20.8 Å². The van der Waals surface area contributed by atoms with Crippen LogP contribution in [0.5, 0.6) is 0 Å². The second-order valence-corrected chi connectivity index (χ2v) is 7.91. The fourth-order valence-electron chi connectivity index (χ4n) is 4.89. The van der Waals surface area contributed by atoms with Gasteiger partial charge in [0, 0.05) is 0 Å². The Labute approximate surface area is 143 Å². The van der Waals surface area contributed by atoms with Crippen molar-refractivity contribution >= 4 is 19.5 Å². The fourth-order valence-corrected chi connectivity index (χ4v) is 4.89. The minimum atomic E-state index is -0.449. The van der Waals surface area contributed by atoms with Crippen LogP contribution < -0.4 is 5.73 Å². The van der Waals surface area contributed by atoms with Crippen molar-refractivity contribution in [2.45, 2.75) is 51.3 Å². The zero-order valence-corrected chi connectivity index (χ0v) is 14.6. The standard InChI is InChI=1S/C17H23BFNO2.ClH/c1-16(2)11-8-13(16)17(3)14(9-11)21-18(22-17)15(20)10-4-6-12(19)7-5-10;/h4-7,11,13-15H,8-9,20H2,1-3H3;1H/t11-,13-,14+,15-,17-;/m1./s1. The summed E-state index contributed by atoms with van der Waals surface area (Å²) in [6.45, 7) is 6.85. The minimum Gasteiger partial charge on any atom is -0.404 e. The van der Waals surface area contributed by atoms with Gasteiger partial charge in [-0.25, -0.2) is 4.39 Å². The van der Waals surface area contributed by atoms with E-state index >= 15 is 0 Å². The van der Waals surface area contributed by atoms with E-state index in [0.29, 0.717) is 11.3 Å². The molecule has 5 rings (SSSR count). The fraction of sp³-hybridized carbons (Fsp3) is 0.647. The molecule has 1 aromatic rings. The van der Waals surface area contributed by atoms with Crippen LogP contribution in [0.2, 0.25) is 0 Å². The van der Waals surface area contributed by atoms with Crippen molar-refractivity contribution in [1.82, 2.24) is 0 Å². The highest BCUT2D eigenvalue weighted by molar-refractivity contribution is 6.47. The Bertz CT molecular complexity index is 599. The maximum atomic E-state index is 13.1. The Hall–Kier alpha value is -0.615. The van der Waals surface area contributed by atoms with Crippen LogP contribution in [0.25, 0.3) is 0 Å². The van der Waals surface area contributed by atoms with Crippen LogP contribution in [-0.4, -0.2) is 18.8 Å². The van der Waals surface area contributed by atoms with Crippen LogP contribution >= 0.6 is 12.4 Å². The van der Waals surface area contributed by atoms with Gasteiger partial charge in [0.05, 0.1) is 17.6 Å². The summed E-state index contributed by atoms with van der Waals surface area (Å²) in [5.74, 6) is 0.602. The molecule has 1 aliphatic heterocycles. The highest BCUT2D eigenvalue weighted by atomic mass is 35.5. The van der Waals surface area contributed by atoms with E-state index in [0.717, 1.165) is 17.9 Å². The van der Waals surface area contributed by atoms with Crippen molar-refractivity contribution < 1.29 is 13.7 Å². The lowest BCUT2D eigenvalue weighted by Crippen LogP contribution is -2.65. The van der Waals surface area contributed by atoms with E-state index in [1.54, 1.807) is 12.1 Å². The Morgan fingerprint density at radius 1 is 1.22 bits per heavy atom. The van der Waals surface area contributed by atoms with E-state index in [1.165, 1.54) is 18.6 Å². The lowest BCUT2D eigenvalue weighted by atomic mass is 9.43. The van der Waals surface area contributed by atoms with Gasteiger partial charge < -0.3 is 15.0 Å². The van der Waals surface area contributed by atoms with E-state index in [-0.39, 0.29) is 35.9 Å². The normalized spacial score (nSPS) is 38.3. The lowest BCUT2D eigenvalue weighted by molar-refractivity contribution is -0.199. The molecule has 3 nitrogen and oxygen atoms in total. The van der Waals surface area contributed by atoms with Gasteiger partial charge in [-0.2, -0.15) is 0 Å². The van der Waals surface area contributed by atoms with Gasteiger partial charge in [0.2, 0.25) is 0 Å². The first-order chi connectivity index (χ1) is 10.3. The maximum absolute atomic E-state index is 13.1. The number of benzene rings is 1. The first-order valence-electron chi connectivity index (χ1n) is 8.16. The van der Waals surface area contributed by atoms with Gasteiger partial charge >= 0.3 is 7.12 Å². The van der Waals surface area contributed by atoms with Crippen LogP contribution in [0.3, 0.4) is 0 Å². The summed E-state index contributed by atoms with van der Waals surface area (Å²) >= 11 is 0. The van der Waals surface area contributed by atoms with Gasteiger partial charge in [-0.05, 0) is 54.7 Å². The highest BCUT2D eigenvalue weighted by Gasteiger charge is 2.68. The molecular formula is C17H24BClFNO2. The van der Waals surface area contributed by atoms with Crippen molar-refractivity contribution in [3.05, 3.63) is 35.6 Å². The molecule has 2 N–H and O–H groups in total. The summed E-state index contributed by atoms with van der Waals surface area (Å²) < 4.78 is 25.6. The minimum absolute atomic E-state index is 0. The highest BCUT2D eigenvalue weighted by Crippen LogP contribution is 2.65. The molecule has 126 valence electrons. The first-order valence-corrected chi connectivity index (χ1v) is 8.16. The predicted octanol–water partition coefficient (Wildman–Crippen LogP) is 3.51. The van der Waals surface area contributed by atoms with Crippen LogP contribution in [0.4, 0.5) is 4.39 Å².